The number of H-pyrrole nitrogens is 1. The number of benzene rings is 1. The van der Waals surface area contributed by atoms with Gasteiger partial charge in [-0.05, 0) is 98.8 Å². The predicted octanol–water partition coefficient (Wildman–Crippen LogP) is 7.90. The number of fused-ring (bicyclic) bond motifs is 1. The highest BCUT2D eigenvalue weighted by Crippen LogP contribution is 2.37. The smallest absolute Gasteiger partial charge is 0.225 e. The SMILES string of the molecule is C/C=C(\C=C(\C)C(C)=NC=NC)c1[nH]c2ccc(C3CCN(C(=O)C(CC)CC)CC3)cc2c1C(C)C. The van der Waals surface area contributed by atoms with Gasteiger partial charge in [-0.3, -0.25) is 9.79 Å². The van der Waals surface area contributed by atoms with E-state index in [0.29, 0.717) is 17.7 Å². The van der Waals surface area contributed by atoms with Gasteiger partial charge >= 0.3 is 0 Å². The number of aliphatic imine (C=N–C) groups is 2. The zero-order valence-corrected chi connectivity index (χ0v) is 24.2. The van der Waals surface area contributed by atoms with Crippen LogP contribution >= 0.6 is 0 Å². The zero-order valence-electron chi connectivity index (χ0n) is 24.2. The third-order valence-electron chi connectivity index (χ3n) is 7.96. The molecule has 37 heavy (non-hydrogen) atoms. The van der Waals surface area contributed by atoms with Crippen LogP contribution in [0, 0.1) is 5.92 Å². The van der Waals surface area contributed by atoms with Gasteiger partial charge in [0.15, 0.2) is 0 Å². The summed E-state index contributed by atoms with van der Waals surface area (Å²) in [6.07, 6.45) is 9.92. The molecule has 1 amide bonds. The summed E-state index contributed by atoms with van der Waals surface area (Å²) in [5.41, 5.74) is 8.38. The van der Waals surface area contributed by atoms with Crippen molar-refractivity contribution in [1.29, 1.82) is 0 Å². The van der Waals surface area contributed by atoms with Crippen molar-refractivity contribution in [2.45, 2.75) is 86.0 Å². The van der Waals surface area contributed by atoms with Gasteiger partial charge in [0.1, 0.15) is 6.34 Å². The van der Waals surface area contributed by atoms with Crippen LogP contribution in [0.3, 0.4) is 0 Å². The molecule has 1 aromatic carbocycles. The van der Waals surface area contributed by atoms with E-state index < -0.39 is 0 Å². The van der Waals surface area contributed by atoms with Gasteiger partial charge in [0.05, 0.1) is 0 Å². The molecular formula is C32H46N4O. The minimum absolute atomic E-state index is 0.174. The topological polar surface area (TPSA) is 60.8 Å². The molecule has 1 saturated heterocycles. The molecule has 0 saturated carbocycles. The summed E-state index contributed by atoms with van der Waals surface area (Å²) < 4.78 is 0. The number of hydrogen-bond acceptors (Lipinski definition) is 2. The van der Waals surface area contributed by atoms with Gasteiger partial charge < -0.3 is 9.88 Å². The third kappa shape index (κ3) is 6.49. The van der Waals surface area contributed by atoms with Crippen LogP contribution in [0.1, 0.15) is 103 Å². The number of likely N-dealkylation sites (tertiary alicyclic amines) is 1. The van der Waals surface area contributed by atoms with Gasteiger partial charge in [0, 0.05) is 48.4 Å². The maximum absolute atomic E-state index is 12.9. The molecule has 0 atom stereocenters. The Morgan fingerprint density at radius 1 is 1.16 bits per heavy atom. The lowest BCUT2D eigenvalue weighted by Crippen LogP contribution is -2.41. The molecule has 0 unspecified atom stereocenters. The fourth-order valence-electron chi connectivity index (χ4n) is 5.52. The molecule has 0 bridgehead atoms. The summed E-state index contributed by atoms with van der Waals surface area (Å²) in [6, 6.07) is 6.94. The Hall–Kier alpha value is -2.95. The number of rotatable bonds is 9. The number of piperidine rings is 1. The van der Waals surface area contributed by atoms with Crippen LogP contribution < -0.4 is 0 Å². The number of amides is 1. The molecular weight excluding hydrogens is 456 g/mol. The highest BCUT2D eigenvalue weighted by atomic mass is 16.2. The third-order valence-corrected chi connectivity index (χ3v) is 7.96. The maximum Gasteiger partial charge on any atom is 0.225 e. The molecule has 1 N–H and O–H groups in total. The summed E-state index contributed by atoms with van der Waals surface area (Å²) in [5, 5.41) is 1.31. The van der Waals surface area contributed by atoms with Gasteiger partial charge in [-0.2, -0.15) is 0 Å². The molecule has 5 nitrogen and oxygen atoms in total. The summed E-state index contributed by atoms with van der Waals surface area (Å²) in [7, 11) is 1.73. The summed E-state index contributed by atoms with van der Waals surface area (Å²) in [6.45, 7) is 16.7. The second kappa shape index (κ2) is 13.0. The lowest BCUT2D eigenvalue weighted by molar-refractivity contribution is -0.136. The van der Waals surface area contributed by atoms with E-state index in [0.717, 1.165) is 50.1 Å². The van der Waals surface area contributed by atoms with Crippen molar-refractivity contribution >= 4 is 34.4 Å². The average Bonchev–Trinajstić information content (AvgIpc) is 3.29. The molecule has 0 spiro atoms. The molecule has 2 aromatic rings. The van der Waals surface area contributed by atoms with E-state index in [-0.39, 0.29) is 5.92 Å². The van der Waals surface area contributed by atoms with E-state index in [1.54, 1.807) is 13.4 Å². The summed E-state index contributed by atoms with van der Waals surface area (Å²) >= 11 is 0. The second-order valence-electron chi connectivity index (χ2n) is 10.6. The van der Waals surface area contributed by atoms with Crippen molar-refractivity contribution < 1.29 is 4.79 Å². The number of hydrogen-bond donors (Lipinski definition) is 1. The molecule has 5 heteroatoms. The van der Waals surface area contributed by atoms with Crippen LogP contribution in [0.4, 0.5) is 0 Å². The molecule has 1 aromatic heterocycles. The Kier molecular flexibility index (Phi) is 10.1. The van der Waals surface area contributed by atoms with Crippen molar-refractivity contribution in [3.8, 4) is 0 Å². The quantitative estimate of drug-likeness (QED) is 0.211. The number of nitrogens with one attached hydrogen (secondary N) is 1. The van der Waals surface area contributed by atoms with Crippen molar-refractivity contribution in [3.63, 3.8) is 0 Å². The Morgan fingerprint density at radius 3 is 2.41 bits per heavy atom. The van der Waals surface area contributed by atoms with Crippen LogP contribution in [-0.4, -0.2) is 48.0 Å². The van der Waals surface area contributed by atoms with Crippen molar-refractivity contribution in [2.75, 3.05) is 20.1 Å². The van der Waals surface area contributed by atoms with Gasteiger partial charge in [-0.15, -0.1) is 0 Å². The molecule has 1 aliphatic heterocycles. The first-order valence-electron chi connectivity index (χ1n) is 14.0. The normalized spacial score (nSPS) is 16.7. The van der Waals surface area contributed by atoms with Crippen LogP contribution in [-0.2, 0) is 4.79 Å². The summed E-state index contributed by atoms with van der Waals surface area (Å²) in [4.78, 5) is 27.1. The molecule has 0 aliphatic carbocycles. The number of aromatic amines is 1. The number of aromatic nitrogens is 1. The fourth-order valence-corrected chi connectivity index (χ4v) is 5.52. The number of carbonyl (C=O) groups is 1. The van der Waals surface area contributed by atoms with E-state index in [4.69, 9.17) is 0 Å². The van der Waals surface area contributed by atoms with Crippen LogP contribution in [0.15, 0.2) is 45.9 Å². The van der Waals surface area contributed by atoms with E-state index in [1.807, 2.05) is 6.92 Å². The van der Waals surface area contributed by atoms with Gasteiger partial charge in [0.25, 0.3) is 0 Å². The highest BCUT2D eigenvalue weighted by Gasteiger charge is 2.27. The van der Waals surface area contributed by atoms with E-state index in [1.165, 1.54) is 33.3 Å². The van der Waals surface area contributed by atoms with Crippen molar-refractivity contribution in [3.05, 3.63) is 52.7 Å². The number of allylic oxidation sites excluding steroid dienone is 4. The first-order chi connectivity index (χ1) is 17.7. The van der Waals surface area contributed by atoms with Gasteiger partial charge in [-0.25, -0.2) is 4.99 Å². The molecule has 2 heterocycles. The second-order valence-corrected chi connectivity index (χ2v) is 10.6. The lowest BCUT2D eigenvalue weighted by atomic mass is 9.87. The minimum atomic E-state index is 0.174. The van der Waals surface area contributed by atoms with Crippen LogP contribution in [0.2, 0.25) is 0 Å². The van der Waals surface area contributed by atoms with E-state index in [2.05, 4.69) is 91.8 Å². The molecule has 0 radical (unpaired) electrons. The van der Waals surface area contributed by atoms with Crippen LogP contribution in [0.25, 0.3) is 16.5 Å². The van der Waals surface area contributed by atoms with Crippen molar-refractivity contribution in [1.82, 2.24) is 9.88 Å². The monoisotopic (exact) mass is 502 g/mol. The number of nitrogens with zero attached hydrogens (tertiary/aromatic N) is 3. The Morgan fingerprint density at radius 2 is 1.84 bits per heavy atom. The fraction of sp³-hybridized carbons (Fsp3) is 0.531. The van der Waals surface area contributed by atoms with Crippen molar-refractivity contribution in [2.24, 2.45) is 15.9 Å². The van der Waals surface area contributed by atoms with Gasteiger partial charge in [-0.1, -0.05) is 39.8 Å². The lowest BCUT2D eigenvalue weighted by Gasteiger charge is -2.34. The Bertz CT molecular complexity index is 1200. The molecule has 1 aliphatic rings. The molecule has 200 valence electrons. The highest BCUT2D eigenvalue weighted by molar-refractivity contribution is 6.04. The first kappa shape index (κ1) is 28.6. The van der Waals surface area contributed by atoms with Crippen LogP contribution in [0.5, 0.6) is 0 Å². The standard InChI is InChI=1S/C32H46N4O/c1-9-24(10-2)32(37)36-16-14-26(15-17-36)27-12-13-29-28(19-27)30(21(4)5)31(35-29)25(11-3)18-22(6)23(7)34-20-33-8/h11-13,18-21,24,26,35H,9-10,14-17H2,1-8H3/b22-18-,25-11+,33-20?,34-23?. The zero-order chi connectivity index (χ0) is 27.1. The molecule has 1 fully saturated rings. The molecule has 3 rings (SSSR count). The van der Waals surface area contributed by atoms with E-state index in [9.17, 15) is 4.79 Å². The maximum atomic E-state index is 12.9. The average molecular weight is 503 g/mol. The van der Waals surface area contributed by atoms with E-state index >= 15 is 0 Å². The van der Waals surface area contributed by atoms with Gasteiger partial charge in [0.2, 0.25) is 5.91 Å². The number of carbonyl (C=O) groups excluding carboxylic acids is 1. The predicted molar refractivity (Wildman–Crippen MR) is 160 cm³/mol. The summed E-state index contributed by atoms with van der Waals surface area (Å²) in [5.74, 6) is 1.40. The minimum Gasteiger partial charge on any atom is -0.354 e. The Balaban J connectivity index is 1.91. The largest absolute Gasteiger partial charge is 0.354 e. The first-order valence-corrected chi connectivity index (χ1v) is 14.0. The Labute approximate surface area is 223 Å².